The molecule has 1 aromatic carbocycles. The van der Waals surface area contributed by atoms with Gasteiger partial charge in [0.15, 0.2) is 11.5 Å². The van der Waals surface area contributed by atoms with Gasteiger partial charge in [-0.1, -0.05) is 25.4 Å². The maximum absolute atomic E-state index is 6.21. The highest BCUT2D eigenvalue weighted by molar-refractivity contribution is 6.32. The molecule has 5 heteroatoms. The smallest absolute Gasteiger partial charge is 0.179 e. The fourth-order valence-corrected chi connectivity index (χ4v) is 2.31. The van der Waals surface area contributed by atoms with Gasteiger partial charge in [0.25, 0.3) is 0 Å². The van der Waals surface area contributed by atoms with Crippen LogP contribution in [0.25, 0.3) is 0 Å². The van der Waals surface area contributed by atoms with Gasteiger partial charge in [0.2, 0.25) is 0 Å². The molecule has 1 heterocycles. The monoisotopic (exact) mass is 270 g/mol. The summed E-state index contributed by atoms with van der Waals surface area (Å²) in [6, 6.07) is 4.26. The standard InChI is InChI=1S/C13H19ClN2O2/c1-8(2)16-11(7-15)9-5-10(14)13-12(6-9)17-3-4-18-13/h5-6,8,11,16H,3-4,7,15H2,1-2H3. The fourth-order valence-electron chi connectivity index (χ4n) is 2.03. The highest BCUT2D eigenvalue weighted by Crippen LogP contribution is 2.39. The lowest BCUT2D eigenvalue weighted by atomic mass is 10.1. The molecule has 0 spiro atoms. The van der Waals surface area contributed by atoms with Crippen LogP contribution in [0.15, 0.2) is 12.1 Å². The summed E-state index contributed by atoms with van der Waals surface area (Å²) in [7, 11) is 0. The quantitative estimate of drug-likeness (QED) is 0.880. The van der Waals surface area contributed by atoms with E-state index in [1.54, 1.807) is 0 Å². The largest absolute Gasteiger partial charge is 0.486 e. The zero-order valence-electron chi connectivity index (χ0n) is 10.7. The number of rotatable bonds is 4. The second-order valence-electron chi connectivity index (χ2n) is 4.64. The fraction of sp³-hybridized carbons (Fsp3) is 0.538. The van der Waals surface area contributed by atoms with Gasteiger partial charge in [0, 0.05) is 18.6 Å². The molecule has 1 atom stereocenters. The molecule has 18 heavy (non-hydrogen) atoms. The molecule has 0 amide bonds. The molecule has 2 rings (SSSR count). The van der Waals surface area contributed by atoms with E-state index in [1.807, 2.05) is 12.1 Å². The van der Waals surface area contributed by atoms with Crippen molar-refractivity contribution in [3.05, 3.63) is 22.7 Å². The van der Waals surface area contributed by atoms with Crippen molar-refractivity contribution in [2.24, 2.45) is 5.73 Å². The van der Waals surface area contributed by atoms with E-state index < -0.39 is 0 Å². The molecule has 0 bridgehead atoms. The van der Waals surface area contributed by atoms with Crippen LogP contribution in [0.4, 0.5) is 0 Å². The molecule has 0 fully saturated rings. The van der Waals surface area contributed by atoms with Gasteiger partial charge in [-0.15, -0.1) is 0 Å². The zero-order valence-corrected chi connectivity index (χ0v) is 11.5. The molecule has 100 valence electrons. The first-order valence-electron chi connectivity index (χ1n) is 6.17. The molecular formula is C13H19ClN2O2. The molecule has 0 aromatic heterocycles. The minimum atomic E-state index is 0.0679. The van der Waals surface area contributed by atoms with Crippen molar-refractivity contribution in [2.75, 3.05) is 19.8 Å². The summed E-state index contributed by atoms with van der Waals surface area (Å²) in [5.41, 5.74) is 6.83. The molecule has 0 radical (unpaired) electrons. The minimum Gasteiger partial charge on any atom is -0.486 e. The van der Waals surface area contributed by atoms with Crippen molar-refractivity contribution >= 4 is 11.6 Å². The maximum Gasteiger partial charge on any atom is 0.179 e. The molecule has 3 N–H and O–H groups in total. The number of hydrogen-bond acceptors (Lipinski definition) is 4. The summed E-state index contributed by atoms with van der Waals surface area (Å²) in [5.74, 6) is 1.33. The van der Waals surface area contributed by atoms with Crippen LogP contribution in [0, 0.1) is 0 Å². The van der Waals surface area contributed by atoms with Crippen molar-refractivity contribution < 1.29 is 9.47 Å². The van der Waals surface area contributed by atoms with Crippen LogP contribution in [-0.2, 0) is 0 Å². The molecule has 0 aliphatic carbocycles. The summed E-state index contributed by atoms with van der Waals surface area (Å²) < 4.78 is 11.1. The van der Waals surface area contributed by atoms with Crippen molar-refractivity contribution in [3.8, 4) is 11.5 Å². The molecule has 1 unspecified atom stereocenters. The lowest BCUT2D eigenvalue weighted by Crippen LogP contribution is -2.33. The average Bonchev–Trinajstić information content (AvgIpc) is 2.35. The number of benzene rings is 1. The Labute approximate surface area is 112 Å². The SMILES string of the molecule is CC(C)NC(CN)c1cc(Cl)c2c(c1)OCCO2. The number of fused-ring (bicyclic) bond motifs is 1. The van der Waals surface area contributed by atoms with Crippen molar-refractivity contribution in [1.29, 1.82) is 0 Å². The molecular weight excluding hydrogens is 252 g/mol. The average molecular weight is 271 g/mol. The van der Waals surface area contributed by atoms with Gasteiger partial charge in [-0.2, -0.15) is 0 Å². The van der Waals surface area contributed by atoms with E-state index in [0.717, 1.165) is 5.56 Å². The highest BCUT2D eigenvalue weighted by atomic mass is 35.5. The minimum absolute atomic E-state index is 0.0679. The van der Waals surface area contributed by atoms with E-state index in [1.165, 1.54) is 0 Å². The van der Waals surface area contributed by atoms with Crippen molar-refractivity contribution in [3.63, 3.8) is 0 Å². The van der Waals surface area contributed by atoms with E-state index in [0.29, 0.717) is 42.3 Å². The van der Waals surface area contributed by atoms with Gasteiger partial charge in [-0.3, -0.25) is 0 Å². The molecule has 1 aliphatic rings. The van der Waals surface area contributed by atoms with Gasteiger partial charge in [-0.05, 0) is 17.7 Å². The van der Waals surface area contributed by atoms with Gasteiger partial charge in [0.1, 0.15) is 13.2 Å². The predicted molar refractivity (Wildman–Crippen MR) is 72.5 cm³/mol. The second-order valence-corrected chi connectivity index (χ2v) is 5.04. The second kappa shape index (κ2) is 5.78. The summed E-state index contributed by atoms with van der Waals surface area (Å²) in [6.45, 7) is 5.77. The van der Waals surface area contributed by atoms with E-state index in [2.05, 4.69) is 19.2 Å². The van der Waals surface area contributed by atoms with Crippen LogP contribution in [0.5, 0.6) is 11.5 Å². The maximum atomic E-state index is 6.21. The molecule has 0 saturated heterocycles. The third kappa shape index (κ3) is 2.88. The third-order valence-electron chi connectivity index (χ3n) is 2.79. The van der Waals surface area contributed by atoms with Crippen LogP contribution in [0.1, 0.15) is 25.5 Å². The van der Waals surface area contributed by atoms with Crippen LogP contribution >= 0.6 is 11.6 Å². The first kappa shape index (κ1) is 13.5. The van der Waals surface area contributed by atoms with Crippen LogP contribution in [-0.4, -0.2) is 25.8 Å². The summed E-state index contributed by atoms with van der Waals surface area (Å²) in [6.07, 6.45) is 0. The van der Waals surface area contributed by atoms with Gasteiger partial charge >= 0.3 is 0 Å². The Morgan fingerprint density at radius 1 is 1.33 bits per heavy atom. The van der Waals surface area contributed by atoms with Crippen molar-refractivity contribution in [1.82, 2.24) is 5.32 Å². The Bertz CT molecular complexity index is 424. The number of nitrogens with two attached hydrogens (primary N) is 1. The molecule has 4 nitrogen and oxygen atoms in total. The Balaban J connectivity index is 2.30. The predicted octanol–water partition coefficient (Wildman–Crippen LogP) is 2.11. The Morgan fingerprint density at radius 2 is 2.06 bits per heavy atom. The molecule has 1 aliphatic heterocycles. The van der Waals surface area contributed by atoms with Crippen LogP contribution < -0.4 is 20.5 Å². The molecule has 0 saturated carbocycles. The highest BCUT2D eigenvalue weighted by Gasteiger charge is 2.20. The Kier molecular flexibility index (Phi) is 4.32. The summed E-state index contributed by atoms with van der Waals surface area (Å²) >= 11 is 6.21. The summed E-state index contributed by atoms with van der Waals surface area (Å²) in [5, 5.41) is 3.97. The van der Waals surface area contributed by atoms with Gasteiger partial charge < -0.3 is 20.5 Å². The van der Waals surface area contributed by atoms with Gasteiger partial charge in [0.05, 0.1) is 5.02 Å². The van der Waals surface area contributed by atoms with E-state index in [-0.39, 0.29) is 6.04 Å². The summed E-state index contributed by atoms with van der Waals surface area (Å²) in [4.78, 5) is 0. The van der Waals surface area contributed by atoms with Crippen LogP contribution in [0.3, 0.4) is 0 Å². The van der Waals surface area contributed by atoms with Crippen molar-refractivity contribution in [2.45, 2.75) is 25.9 Å². The van der Waals surface area contributed by atoms with E-state index in [9.17, 15) is 0 Å². The van der Waals surface area contributed by atoms with Gasteiger partial charge in [-0.25, -0.2) is 0 Å². The zero-order chi connectivity index (χ0) is 13.1. The van der Waals surface area contributed by atoms with E-state index in [4.69, 9.17) is 26.8 Å². The number of hydrogen-bond donors (Lipinski definition) is 2. The normalized spacial score (nSPS) is 15.8. The first-order valence-corrected chi connectivity index (χ1v) is 6.54. The Hall–Kier alpha value is -0.970. The third-order valence-corrected chi connectivity index (χ3v) is 3.07. The lowest BCUT2D eigenvalue weighted by Gasteiger charge is -2.24. The first-order chi connectivity index (χ1) is 8.61. The molecule has 1 aromatic rings. The number of ether oxygens (including phenoxy) is 2. The number of halogens is 1. The Morgan fingerprint density at radius 3 is 2.72 bits per heavy atom. The van der Waals surface area contributed by atoms with Crippen LogP contribution in [0.2, 0.25) is 5.02 Å². The topological polar surface area (TPSA) is 56.5 Å². The lowest BCUT2D eigenvalue weighted by molar-refractivity contribution is 0.171. The number of nitrogens with one attached hydrogen (secondary N) is 1. The van der Waals surface area contributed by atoms with E-state index >= 15 is 0 Å².